The first-order chi connectivity index (χ1) is 27.4. The molecule has 0 radical (unpaired) electrons. The highest BCUT2D eigenvalue weighted by molar-refractivity contribution is 6.47. The average Bonchev–Trinajstić information content (AvgIpc) is 3.82. The van der Waals surface area contributed by atoms with Gasteiger partial charge < -0.3 is 39.2 Å². The second-order valence-corrected chi connectivity index (χ2v) is 18.1. The van der Waals surface area contributed by atoms with Crippen LogP contribution in [0.5, 0.6) is 0 Å². The molecule has 4 saturated carbocycles. The van der Waals surface area contributed by atoms with Crippen LogP contribution >= 0.6 is 0 Å². The summed E-state index contributed by atoms with van der Waals surface area (Å²) in [6, 6.07) is 15.6. The van der Waals surface area contributed by atoms with E-state index >= 15 is 0 Å². The Kier molecular flexibility index (Phi) is 11.3. The first-order valence-electron chi connectivity index (χ1n) is 21.4. The molecule has 12 nitrogen and oxygen atoms in total. The quantitative estimate of drug-likeness (QED) is 0.273. The van der Waals surface area contributed by atoms with E-state index in [4.69, 9.17) is 18.8 Å². The second kappa shape index (κ2) is 16.3. The molecule has 2 bridgehead atoms. The van der Waals surface area contributed by atoms with Gasteiger partial charge in [0.1, 0.15) is 24.8 Å². The van der Waals surface area contributed by atoms with Crippen molar-refractivity contribution < 1.29 is 38.0 Å². The lowest BCUT2D eigenvalue weighted by atomic mass is 9.43. The van der Waals surface area contributed by atoms with Crippen molar-refractivity contribution >= 4 is 31.1 Å². The van der Waals surface area contributed by atoms with Crippen molar-refractivity contribution in [2.75, 3.05) is 13.1 Å². The third-order valence-electron chi connectivity index (χ3n) is 14.4. The summed E-state index contributed by atoms with van der Waals surface area (Å²) in [5, 5.41) is 6.13. The van der Waals surface area contributed by atoms with Crippen LogP contribution in [0, 0.1) is 23.2 Å². The molecular formula is C44H59BN4O8. The summed E-state index contributed by atoms with van der Waals surface area (Å²) in [6.45, 7) is 9.85. The van der Waals surface area contributed by atoms with Gasteiger partial charge in [0.2, 0.25) is 11.8 Å². The average molecular weight is 783 g/mol. The van der Waals surface area contributed by atoms with Crippen molar-refractivity contribution in [1.82, 2.24) is 20.4 Å². The molecule has 7 aliphatic rings. The molecule has 0 spiro atoms. The molecule has 0 aromatic heterocycles. The molecule has 306 valence electrons. The fourth-order valence-electron chi connectivity index (χ4n) is 10.9. The summed E-state index contributed by atoms with van der Waals surface area (Å²) in [5.74, 6) is -0.332. The topological polar surface area (TPSA) is 136 Å². The zero-order chi connectivity index (χ0) is 39.9. The van der Waals surface area contributed by atoms with Gasteiger partial charge in [0.25, 0.3) is 0 Å². The number of hydrogen-bond donors (Lipinski definition) is 2. The number of nitrogens with one attached hydrogen (secondary N) is 2. The van der Waals surface area contributed by atoms with E-state index < -0.39 is 49.0 Å². The largest absolute Gasteiger partial charge is 0.481 e. The van der Waals surface area contributed by atoms with E-state index in [1.54, 1.807) is 4.90 Å². The molecule has 3 aliphatic heterocycles. The van der Waals surface area contributed by atoms with Gasteiger partial charge in [-0.15, -0.1) is 0 Å². The number of carbonyl (C=O) groups is 4. The Morgan fingerprint density at radius 3 is 2.40 bits per heavy atom. The van der Waals surface area contributed by atoms with Crippen molar-refractivity contribution in [2.24, 2.45) is 23.2 Å². The maximum atomic E-state index is 14.8. The van der Waals surface area contributed by atoms with Gasteiger partial charge in [0.05, 0.1) is 24.2 Å². The maximum Gasteiger partial charge on any atom is 0.481 e. The Morgan fingerprint density at radius 1 is 0.930 bits per heavy atom. The molecule has 4 aliphatic carbocycles. The summed E-state index contributed by atoms with van der Waals surface area (Å²) < 4.78 is 25.1. The molecule has 2 aromatic rings. The third kappa shape index (κ3) is 7.90. The smallest absolute Gasteiger partial charge is 0.445 e. The van der Waals surface area contributed by atoms with Crippen LogP contribution in [-0.2, 0) is 47.9 Å². The summed E-state index contributed by atoms with van der Waals surface area (Å²) in [4.78, 5) is 59.6. The molecule has 2 N–H and O–H groups in total. The van der Waals surface area contributed by atoms with Gasteiger partial charge >= 0.3 is 19.3 Å². The first kappa shape index (κ1) is 39.7. The third-order valence-corrected chi connectivity index (χ3v) is 14.4. The van der Waals surface area contributed by atoms with Crippen LogP contribution in [0.25, 0.3) is 0 Å². The SMILES string of the molecule is CC[C@H](NC(=O)[C@@H]1C[C@@H](OC(=O)N2CCc3ccccc3C2)CN1C(=O)[C@@H](NC(=O)OCc1ccccc1)C1CCCCC1)B1O[C@@H]2C[C@H]3C[C@H](C3(C)C)[C@]2(C)O1. The lowest BCUT2D eigenvalue weighted by Crippen LogP contribution is -2.65. The predicted molar refractivity (Wildman–Crippen MR) is 213 cm³/mol. The fourth-order valence-corrected chi connectivity index (χ4v) is 10.9. The van der Waals surface area contributed by atoms with Gasteiger partial charge in [0.15, 0.2) is 0 Å². The molecule has 9 rings (SSSR count). The van der Waals surface area contributed by atoms with Gasteiger partial charge in [-0.05, 0) is 85.3 Å². The Bertz CT molecular complexity index is 1810. The zero-order valence-electron chi connectivity index (χ0n) is 34.0. The Balaban J connectivity index is 0.998. The monoisotopic (exact) mass is 782 g/mol. The number of alkyl carbamates (subject to hydrolysis) is 1. The molecule has 13 heteroatoms. The number of ether oxygens (including phenoxy) is 2. The van der Waals surface area contributed by atoms with E-state index in [0.717, 1.165) is 62.5 Å². The molecular weight excluding hydrogens is 723 g/mol. The lowest BCUT2D eigenvalue weighted by molar-refractivity contribution is -0.199. The van der Waals surface area contributed by atoms with Gasteiger partial charge in [0, 0.05) is 19.5 Å². The number of carbonyl (C=O) groups excluding carboxylic acids is 4. The zero-order valence-corrected chi connectivity index (χ0v) is 34.0. The number of rotatable bonds is 10. The minimum absolute atomic E-state index is 0.0303. The van der Waals surface area contributed by atoms with Crippen molar-refractivity contribution in [3.63, 3.8) is 0 Å². The normalized spacial score (nSPS) is 30.0. The van der Waals surface area contributed by atoms with Crippen molar-refractivity contribution in [3.8, 4) is 0 Å². The summed E-state index contributed by atoms with van der Waals surface area (Å²) in [6.07, 6.45) is 6.04. The van der Waals surface area contributed by atoms with Gasteiger partial charge in [-0.1, -0.05) is 94.6 Å². The highest BCUT2D eigenvalue weighted by Crippen LogP contribution is 2.65. The van der Waals surface area contributed by atoms with Crippen LogP contribution in [0.2, 0.25) is 0 Å². The fraction of sp³-hybridized carbons (Fsp3) is 0.636. The lowest BCUT2D eigenvalue weighted by Gasteiger charge is -2.64. The molecule has 0 unspecified atom stereocenters. The Hall–Kier alpha value is -4.10. The van der Waals surface area contributed by atoms with Crippen molar-refractivity contribution in [3.05, 3.63) is 71.3 Å². The van der Waals surface area contributed by atoms with Crippen LogP contribution in [0.4, 0.5) is 9.59 Å². The number of fused-ring (bicyclic) bond motifs is 1. The van der Waals surface area contributed by atoms with Gasteiger partial charge in [-0.25, -0.2) is 9.59 Å². The molecule has 8 atom stereocenters. The number of likely N-dealkylation sites (tertiary alicyclic amines) is 1. The van der Waals surface area contributed by atoms with Crippen LogP contribution in [0.3, 0.4) is 0 Å². The van der Waals surface area contributed by atoms with E-state index in [1.807, 2.05) is 55.5 Å². The Labute approximate surface area is 337 Å². The standard InChI is InChI=1S/C44H59BN4O8/c1-5-37(45-56-36-23-32-22-35(43(32,2)3)44(36,4)57-45)46-39(50)34-24-33(55-42(53)48-21-20-29-16-12-13-19-31(29)25-48)26-49(34)40(51)38(30-17-10-7-11-18-30)47-41(52)54-27-28-14-8-6-9-15-28/h6,8-9,12-16,19,30,32-38H,5,7,10-11,17-18,20-27H2,1-4H3,(H,46,50)(H,47,52)/t32-,33-,34+,35-,36-,37+,38+,44+/m1/s1. The molecule has 2 saturated heterocycles. The molecule has 3 heterocycles. The van der Waals surface area contributed by atoms with E-state index in [-0.39, 0.29) is 48.8 Å². The second-order valence-electron chi connectivity index (χ2n) is 18.1. The van der Waals surface area contributed by atoms with E-state index in [0.29, 0.717) is 31.3 Å². The summed E-state index contributed by atoms with van der Waals surface area (Å²) in [7, 11) is -0.624. The number of benzene rings is 2. The van der Waals surface area contributed by atoms with Crippen LogP contribution in [0.1, 0.15) is 102 Å². The highest BCUT2D eigenvalue weighted by Gasteiger charge is 2.68. The first-order valence-corrected chi connectivity index (χ1v) is 21.4. The summed E-state index contributed by atoms with van der Waals surface area (Å²) in [5.41, 5.74) is 2.88. The van der Waals surface area contributed by atoms with Crippen molar-refractivity contribution in [1.29, 1.82) is 0 Å². The maximum absolute atomic E-state index is 14.8. The van der Waals surface area contributed by atoms with Crippen molar-refractivity contribution in [2.45, 2.75) is 141 Å². The predicted octanol–water partition coefficient (Wildman–Crippen LogP) is 6.19. The van der Waals surface area contributed by atoms with E-state index in [2.05, 4.69) is 37.5 Å². The number of hydrogen-bond acceptors (Lipinski definition) is 8. The minimum Gasteiger partial charge on any atom is -0.445 e. The molecule has 6 fully saturated rings. The van der Waals surface area contributed by atoms with Crippen LogP contribution < -0.4 is 10.6 Å². The van der Waals surface area contributed by atoms with Crippen LogP contribution in [-0.4, -0.2) is 89.8 Å². The highest BCUT2D eigenvalue weighted by atomic mass is 16.7. The summed E-state index contributed by atoms with van der Waals surface area (Å²) >= 11 is 0. The minimum atomic E-state index is -0.939. The number of amides is 4. The molecule has 57 heavy (non-hydrogen) atoms. The van der Waals surface area contributed by atoms with Crippen LogP contribution in [0.15, 0.2) is 54.6 Å². The Morgan fingerprint density at radius 2 is 1.67 bits per heavy atom. The van der Waals surface area contributed by atoms with Gasteiger partial charge in [-0.3, -0.25) is 9.59 Å². The number of nitrogens with zero attached hydrogens (tertiary/aromatic N) is 2. The van der Waals surface area contributed by atoms with E-state index in [1.165, 1.54) is 10.5 Å². The van der Waals surface area contributed by atoms with Gasteiger partial charge in [-0.2, -0.15) is 0 Å². The molecule has 2 aromatic carbocycles. The van der Waals surface area contributed by atoms with E-state index in [9.17, 15) is 19.2 Å². The molecule has 4 amide bonds.